The van der Waals surface area contributed by atoms with E-state index >= 15 is 0 Å². The first-order chi connectivity index (χ1) is 45.0. The van der Waals surface area contributed by atoms with Gasteiger partial charge in [-0.05, 0) is 200 Å². The molecule has 0 saturated carbocycles. The number of benzene rings is 15. The Bertz CT molecular complexity index is 6410. The van der Waals surface area contributed by atoms with Gasteiger partial charge in [-0.25, -0.2) is 0 Å². The third kappa shape index (κ3) is 7.98. The van der Waals surface area contributed by atoms with E-state index in [4.69, 9.17) is 8.83 Å². The van der Waals surface area contributed by atoms with Crippen molar-refractivity contribution in [2.75, 3.05) is 9.80 Å². The monoisotopic (exact) mass is 1210 g/mol. The molecule has 0 aliphatic heterocycles. The van der Waals surface area contributed by atoms with Gasteiger partial charge < -0.3 is 18.6 Å². The van der Waals surface area contributed by atoms with Gasteiger partial charge in [0.25, 0.3) is 0 Å². The first kappa shape index (κ1) is 50.9. The fraction of sp³-hybridized carbons (Fsp3) is 0. The molecule has 0 saturated heterocycles. The standard InChI is InChI=1S/C84H48N2O2S3/c1-3-16-57(17-4-1)85(60-30-33-68-75(46-60)87-73-37-35-66-71-41-50-13-7-8-14-51(50)44-78(71)90-83(66)81(68)73)59-27-25-49(26-28-59)70-43-55(40-54-15-9-10-20-63(54)70)52-23-24-53-42-72-67-36-38-74-82(84(67)91-79(72)45-56(53)39-52)69-34-31-61(47-76(69)88-74)86(58-18-5-2-6-19-58)62-29-32-65-64-21-11-12-22-77(64)89-80(65)48-62/h1-48H. The van der Waals surface area contributed by atoms with Gasteiger partial charge in [0.1, 0.15) is 22.3 Å². The molecule has 0 aliphatic carbocycles. The van der Waals surface area contributed by atoms with E-state index in [-0.39, 0.29) is 0 Å². The van der Waals surface area contributed by atoms with Gasteiger partial charge in [0, 0.05) is 128 Å². The molecule has 20 aromatic rings. The Labute approximate surface area is 533 Å². The number of furan rings is 2. The molecule has 7 heteroatoms. The van der Waals surface area contributed by atoms with Gasteiger partial charge in [0.2, 0.25) is 0 Å². The number of para-hydroxylation sites is 2. The summed E-state index contributed by atoms with van der Waals surface area (Å²) in [5, 5.41) is 19.6. The normalized spacial score (nSPS) is 12.2. The van der Waals surface area contributed by atoms with Crippen molar-refractivity contribution in [1.29, 1.82) is 0 Å². The Morgan fingerprint density at radius 2 is 0.670 bits per heavy atom. The maximum Gasteiger partial charge on any atom is 0.137 e. The number of anilines is 6. The van der Waals surface area contributed by atoms with Gasteiger partial charge in [-0.2, -0.15) is 0 Å². The zero-order valence-electron chi connectivity index (χ0n) is 48.6. The Balaban J connectivity index is 0.644. The first-order valence-corrected chi connectivity index (χ1v) is 33.2. The minimum atomic E-state index is 0.869. The molecule has 5 heterocycles. The summed E-state index contributed by atoms with van der Waals surface area (Å²) in [5.41, 5.74) is 14.7. The third-order valence-electron chi connectivity index (χ3n) is 18.7. The SMILES string of the molecule is c1ccc(N(c2ccc(-c3cc(-c4ccc5cc6c(cc5c4)sc4c6ccc5oc6cc(N(c7ccccc7)c7ccc8c(c7)sc7ccccc78)ccc6c54)cc4ccccc34)cc2)c2ccc3c(c2)oc2ccc4c5cc6ccccc6cc5sc4c23)cc1. The molecule has 0 atom stereocenters. The van der Waals surface area contributed by atoms with Crippen LogP contribution in [0.4, 0.5) is 34.1 Å². The van der Waals surface area contributed by atoms with E-state index in [9.17, 15) is 0 Å². The second-order valence-corrected chi connectivity index (χ2v) is 27.1. The largest absolute Gasteiger partial charge is 0.456 e. The smallest absolute Gasteiger partial charge is 0.137 e. The summed E-state index contributed by atoms with van der Waals surface area (Å²) < 4.78 is 21.2. The molecule has 0 amide bonds. The molecular formula is C84H48N2O2S3. The highest BCUT2D eigenvalue weighted by Crippen LogP contribution is 2.49. The lowest BCUT2D eigenvalue weighted by atomic mass is 9.92. The number of hydrogen-bond acceptors (Lipinski definition) is 7. The van der Waals surface area contributed by atoms with E-state index in [0.717, 1.165) is 72.8 Å². The number of rotatable bonds is 8. The average molecular weight is 1210 g/mol. The molecule has 0 fully saturated rings. The number of hydrogen-bond donors (Lipinski definition) is 0. The second kappa shape index (κ2) is 19.7. The van der Waals surface area contributed by atoms with Crippen LogP contribution in [-0.4, -0.2) is 0 Å². The van der Waals surface area contributed by atoms with Gasteiger partial charge in [-0.1, -0.05) is 133 Å². The Kier molecular flexibility index (Phi) is 11.0. The quantitative estimate of drug-likeness (QED) is 0.152. The van der Waals surface area contributed by atoms with Crippen molar-refractivity contribution in [1.82, 2.24) is 0 Å². The molecule has 0 radical (unpaired) electrons. The predicted octanol–water partition coefficient (Wildman–Crippen LogP) is 26.3. The van der Waals surface area contributed by atoms with E-state index in [0.29, 0.717) is 0 Å². The molecule has 0 bridgehead atoms. The predicted molar refractivity (Wildman–Crippen MR) is 392 cm³/mol. The minimum Gasteiger partial charge on any atom is -0.456 e. The molecular weight excluding hydrogens is 1170 g/mol. The first-order valence-electron chi connectivity index (χ1n) is 30.7. The highest BCUT2D eigenvalue weighted by molar-refractivity contribution is 7.27. The highest BCUT2D eigenvalue weighted by Gasteiger charge is 2.23. The van der Waals surface area contributed by atoms with Crippen LogP contribution in [0.1, 0.15) is 0 Å². The van der Waals surface area contributed by atoms with Crippen LogP contribution in [0.25, 0.3) is 159 Å². The van der Waals surface area contributed by atoms with E-state index in [1.165, 1.54) is 120 Å². The van der Waals surface area contributed by atoms with Crippen LogP contribution in [-0.2, 0) is 0 Å². The van der Waals surface area contributed by atoms with Crippen molar-refractivity contribution in [3.05, 3.63) is 291 Å². The van der Waals surface area contributed by atoms with Crippen LogP contribution in [0.15, 0.2) is 300 Å². The molecule has 20 rings (SSSR count). The molecule has 91 heavy (non-hydrogen) atoms. The summed E-state index contributed by atoms with van der Waals surface area (Å²) >= 11 is 5.56. The topological polar surface area (TPSA) is 32.8 Å². The van der Waals surface area contributed by atoms with E-state index in [2.05, 4.69) is 301 Å². The van der Waals surface area contributed by atoms with Gasteiger partial charge >= 0.3 is 0 Å². The summed E-state index contributed by atoms with van der Waals surface area (Å²) in [5.74, 6) is 0. The molecule has 0 spiro atoms. The summed E-state index contributed by atoms with van der Waals surface area (Å²) in [6.07, 6.45) is 0. The highest BCUT2D eigenvalue weighted by atomic mass is 32.1. The van der Waals surface area contributed by atoms with Crippen molar-refractivity contribution < 1.29 is 8.83 Å². The molecule has 4 nitrogen and oxygen atoms in total. The Morgan fingerprint density at radius 3 is 1.32 bits per heavy atom. The van der Waals surface area contributed by atoms with Crippen LogP contribution in [0.5, 0.6) is 0 Å². The van der Waals surface area contributed by atoms with Crippen molar-refractivity contribution in [2.45, 2.75) is 0 Å². The van der Waals surface area contributed by atoms with Crippen LogP contribution in [0, 0.1) is 0 Å². The van der Waals surface area contributed by atoms with Gasteiger partial charge in [-0.3, -0.25) is 0 Å². The third-order valence-corrected chi connectivity index (χ3v) is 22.2. The van der Waals surface area contributed by atoms with Crippen molar-refractivity contribution >= 4 is 205 Å². The van der Waals surface area contributed by atoms with Crippen molar-refractivity contribution in [2.24, 2.45) is 0 Å². The lowest BCUT2D eigenvalue weighted by molar-refractivity contribution is 0.669. The van der Waals surface area contributed by atoms with Crippen LogP contribution in [0.2, 0.25) is 0 Å². The fourth-order valence-corrected chi connectivity index (χ4v) is 18.2. The molecule has 5 aromatic heterocycles. The summed E-state index contributed by atoms with van der Waals surface area (Å²) in [6, 6.07) is 107. The lowest BCUT2D eigenvalue weighted by Gasteiger charge is -2.25. The fourth-order valence-electron chi connectivity index (χ4n) is 14.5. The summed E-state index contributed by atoms with van der Waals surface area (Å²) in [7, 11) is 0. The number of thiophene rings is 3. The van der Waals surface area contributed by atoms with Crippen LogP contribution < -0.4 is 9.80 Å². The number of nitrogens with zero attached hydrogens (tertiary/aromatic N) is 2. The molecule has 0 unspecified atom stereocenters. The Morgan fingerprint density at radius 1 is 0.220 bits per heavy atom. The zero-order chi connectivity index (χ0) is 59.4. The van der Waals surface area contributed by atoms with E-state index in [1.807, 2.05) is 34.0 Å². The van der Waals surface area contributed by atoms with E-state index in [1.54, 1.807) is 0 Å². The molecule has 0 N–H and O–H groups in total. The molecule has 15 aromatic carbocycles. The zero-order valence-corrected chi connectivity index (χ0v) is 51.1. The lowest BCUT2D eigenvalue weighted by Crippen LogP contribution is -2.09. The maximum absolute atomic E-state index is 6.82. The van der Waals surface area contributed by atoms with Crippen LogP contribution in [0.3, 0.4) is 0 Å². The van der Waals surface area contributed by atoms with E-state index < -0.39 is 0 Å². The average Bonchev–Trinajstić information content (AvgIpc) is 1.63. The summed E-state index contributed by atoms with van der Waals surface area (Å²) in [6.45, 7) is 0. The molecule has 0 aliphatic rings. The van der Waals surface area contributed by atoms with Crippen LogP contribution >= 0.6 is 34.0 Å². The van der Waals surface area contributed by atoms with Crippen molar-refractivity contribution in [3.8, 4) is 22.3 Å². The van der Waals surface area contributed by atoms with Crippen molar-refractivity contribution in [3.63, 3.8) is 0 Å². The Hall–Kier alpha value is -11.1. The maximum atomic E-state index is 6.82. The summed E-state index contributed by atoms with van der Waals surface area (Å²) in [4.78, 5) is 4.68. The molecule has 424 valence electrons. The second-order valence-electron chi connectivity index (χ2n) is 23.9. The minimum absolute atomic E-state index is 0.869. The number of fused-ring (bicyclic) bond motifs is 20. The van der Waals surface area contributed by atoms with Gasteiger partial charge in [-0.15, -0.1) is 34.0 Å². The van der Waals surface area contributed by atoms with Gasteiger partial charge in [0.15, 0.2) is 0 Å². The van der Waals surface area contributed by atoms with Gasteiger partial charge in [0.05, 0.1) is 0 Å².